The van der Waals surface area contributed by atoms with Crippen molar-refractivity contribution >= 4 is 11.5 Å². The molecule has 1 aliphatic rings. The van der Waals surface area contributed by atoms with E-state index < -0.39 is 0 Å². The molecule has 0 spiro atoms. The first-order valence-corrected chi connectivity index (χ1v) is 12.8. The number of aliphatic imine (C=N–C) groups is 1. The zero-order chi connectivity index (χ0) is 27.6. The number of ether oxygens (including phenoxy) is 1. The summed E-state index contributed by atoms with van der Waals surface area (Å²) in [6, 6.07) is 0. The number of methoxy groups -OCH3 is 1. The lowest BCUT2D eigenvalue weighted by atomic mass is 9.75. The van der Waals surface area contributed by atoms with E-state index >= 15 is 0 Å². The van der Waals surface area contributed by atoms with Crippen LogP contribution in [-0.2, 0) is 4.74 Å². The molecule has 0 aromatic heterocycles. The maximum Gasteiger partial charge on any atom is 0.168 e. The molecule has 1 aliphatic heterocycles. The summed E-state index contributed by atoms with van der Waals surface area (Å²) in [7, 11) is 5.28. The van der Waals surface area contributed by atoms with Gasteiger partial charge >= 0.3 is 0 Å². The Morgan fingerprint density at radius 2 is 1.86 bits per heavy atom. The van der Waals surface area contributed by atoms with E-state index in [1.54, 1.807) is 20.4 Å². The predicted octanol–water partition coefficient (Wildman–Crippen LogP) is 5.72. The summed E-state index contributed by atoms with van der Waals surface area (Å²) >= 11 is 0. The second-order valence-electron chi connectivity index (χ2n) is 8.73. The van der Waals surface area contributed by atoms with Gasteiger partial charge in [0.05, 0.1) is 12.8 Å². The second kappa shape index (κ2) is 18.1. The van der Waals surface area contributed by atoms with Crippen molar-refractivity contribution in [1.29, 1.82) is 0 Å². The molecule has 202 valence electrons. The molecule has 1 heterocycles. The van der Waals surface area contributed by atoms with E-state index in [4.69, 9.17) is 21.3 Å². The first-order valence-electron chi connectivity index (χ1n) is 12.8. The van der Waals surface area contributed by atoms with Gasteiger partial charge < -0.3 is 21.1 Å². The van der Waals surface area contributed by atoms with E-state index in [1.165, 1.54) is 5.57 Å². The topological polar surface area (TPSA) is 92.5 Å². The molecular weight excluding hydrogens is 448 g/mol. The fourth-order valence-corrected chi connectivity index (χ4v) is 3.94. The van der Waals surface area contributed by atoms with Crippen molar-refractivity contribution in [2.24, 2.45) is 27.0 Å². The second-order valence-corrected chi connectivity index (χ2v) is 8.73. The van der Waals surface area contributed by atoms with Gasteiger partial charge in [-0.1, -0.05) is 57.2 Å². The molecule has 0 aliphatic carbocycles. The highest BCUT2D eigenvalue weighted by atomic mass is 16.5. The minimum Gasteiger partial charge on any atom is -0.503 e. The maximum absolute atomic E-state index is 6.37. The molecule has 4 N–H and O–H groups in total. The fraction of sp³-hybridized carbons (Fsp3) is 0.517. The van der Waals surface area contributed by atoms with E-state index in [2.05, 4.69) is 54.2 Å². The molecule has 0 aromatic carbocycles. The lowest BCUT2D eigenvalue weighted by Gasteiger charge is -2.40. The lowest BCUT2D eigenvalue weighted by molar-refractivity contribution is 0.137. The number of allylic oxidation sites excluding steroid dienone is 7. The van der Waals surface area contributed by atoms with Gasteiger partial charge in [-0.3, -0.25) is 10.0 Å². The van der Waals surface area contributed by atoms with Crippen molar-refractivity contribution < 1.29 is 4.74 Å². The van der Waals surface area contributed by atoms with Crippen LogP contribution < -0.4 is 11.5 Å². The van der Waals surface area contributed by atoms with Crippen LogP contribution in [0.15, 0.2) is 82.1 Å². The summed E-state index contributed by atoms with van der Waals surface area (Å²) in [5.74, 6) is 0.413. The number of hydrazone groups is 1. The number of hydrogen-bond donors (Lipinski definition) is 2. The van der Waals surface area contributed by atoms with Crippen LogP contribution in [0.4, 0.5) is 0 Å². The van der Waals surface area contributed by atoms with E-state index in [0.29, 0.717) is 23.7 Å². The molecule has 1 atom stereocenters. The Balaban J connectivity index is 0.00000596. The number of amidine groups is 1. The summed E-state index contributed by atoms with van der Waals surface area (Å²) < 4.78 is 5.21. The van der Waals surface area contributed by atoms with Crippen molar-refractivity contribution in [2.45, 2.75) is 60.8 Å². The molecule has 0 bridgehead atoms. The van der Waals surface area contributed by atoms with Crippen LogP contribution in [0.25, 0.3) is 0 Å². The maximum atomic E-state index is 6.37. The third-order valence-electron chi connectivity index (χ3n) is 5.65. The van der Waals surface area contributed by atoms with E-state index in [0.717, 1.165) is 31.6 Å². The molecule has 1 fully saturated rings. The molecule has 7 heteroatoms. The Morgan fingerprint density at radius 1 is 1.17 bits per heavy atom. The highest BCUT2D eigenvalue weighted by Crippen LogP contribution is 2.37. The Hall–Kier alpha value is -3.22. The normalized spacial score (nSPS) is 20.8. The average molecular weight is 499 g/mol. The van der Waals surface area contributed by atoms with Gasteiger partial charge in [0.25, 0.3) is 0 Å². The largest absolute Gasteiger partial charge is 0.503 e. The SMILES string of the molecule is CC.C\C=C/C=C(\C=C/C)[C@]1(C)CCCN(/N=C(\N)C(C=CC/C(=C/OC)N(C)/C=C(/C)N)=NC)C1. The standard InChI is InChI=1S/C27H44N6O.C2H6/c1-8-10-14-23(13-9-2)27(4)17-12-18-33(21-27)31-26(29)25(30-5)16-11-15-24(20-34-7)32(6)19-22(3)28;1-2/h8-11,13-14,16,19-20H,12,15,17-18,21,28H2,1-7H3,(H2,29,31);1-2H3/b10-8-,13-9-,16-11?,22-19-,23-14+,24-20-,30-25?;/t27-;/m1./s1. The number of rotatable bonds is 11. The number of nitrogens with zero attached hydrogens (tertiary/aromatic N) is 4. The zero-order valence-corrected chi connectivity index (χ0v) is 24.1. The molecule has 0 saturated carbocycles. The molecular formula is C29H50N6O. The van der Waals surface area contributed by atoms with Crippen LogP contribution in [0.2, 0.25) is 0 Å². The van der Waals surface area contributed by atoms with Gasteiger partial charge in [0, 0.05) is 50.9 Å². The summed E-state index contributed by atoms with van der Waals surface area (Å²) in [6.07, 6.45) is 20.9. The fourth-order valence-electron chi connectivity index (χ4n) is 3.94. The van der Waals surface area contributed by atoms with Crippen LogP contribution in [0, 0.1) is 5.41 Å². The monoisotopic (exact) mass is 498 g/mol. The van der Waals surface area contributed by atoms with Gasteiger partial charge in [0.2, 0.25) is 0 Å². The Morgan fingerprint density at radius 3 is 2.42 bits per heavy atom. The highest BCUT2D eigenvalue weighted by molar-refractivity contribution is 6.45. The number of piperidine rings is 1. The van der Waals surface area contributed by atoms with Gasteiger partial charge in [-0.2, -0.15) is 5.10 Å². The average Bonchev–Trinajstić information content (AvgIpc) is 2.84. The van der Waals surface area contributed by atoms with Crippen LogP contribution in [0.5, 0.6) is 0 Å². The number of nitrogens with two attached hydrogens (primary N) is 2. The first-order chi connectivity index (χ1) is 17.2. The lowest BCUT2D eigenvalue weighted by Crippen LogP contribution is -2.41. The molecule has 36 heavy (non-hydrogen) atoms. The molecule has 0 unspecified atom stereocenters. The molecule has 0 aromatic rings. The zero-order valence-electron chi connectivity index (χ0n) is 24.1. The molecule has 0 radical (unpaired) electrons. The van der Waals surface area contributed by atoms with Crippen molar-refractivity contribution in [1.82, 2.24) is 9.91 Å². The molecule has 1 saturated heterocycles. The van der Waals surface area contributed by atoms with Crippen LogP contribution in [0.3, 0.4) is 0 Å². The molecule has 7 nitrogen and oxygen atoms in total. The van der Waals surface area contributed by atoms with Gasteiger partial charge in [-0.05, 0) is 45.3 Å². The van der Waals surface area contributed by atoms with Crippen molar-refractivity contribution in [2.75, 3.05) is 34.3 Å². The Kier molecular flexibility index (Phi) is 16.5. The van der Waals surface area contributed by atoms with Crippen LogP contribution in [0.1, 0.15) is 60.8 Å². The first kappa shape index (κ1) is 32.8. The van der Waals surface area contributed by atoms with Gasteiger partial charge in [0.1, 0.15) is 12.0 Å². The Labute approximate surface area is 220 Å². The van der Waals surface area contributed by atoms with E-state index in [9.17, 15) is 0 Å². The van der Waals surface area contributed by atoms with Crippen LogP contribution >= 0.6 is 0 Å². The highest BCUT2D eigenvalue weighted by Gasteiger charge is 2.33. The Bertz CT molecular complexity index is 887. The summed E-state index contributed by atoms with van der Waals surface area (Å²) in [4.78, 5) is 6.28. The molecule has 1 rings (SSSR count). The summed E-state index contributed by atoms with van der Waals surface area (Å²) in [5.41, 5.74) is 15.8. The summed E-state index contributed by atoms with van der Waals surface area (Å²) in [6.45, 7) is 13.9. The van der Waals surface area contributed by atoms with Gasteiger partial charge in [-0.15, -0.1) is 0 Å². The minimum absolute atomic E-state index is 0.00643. The van der Waals surface area contributed by atoms with E-state index in [1.807, 2.05) is 58.0 Å². The van der Waals surface area contributed by atoms with Crippen molar-refractivity contribution in [3.8, 4) is 0 Å². The molecule has 0 amide bonds. The quantitative estimate of drug-likeness (QED) is 0.164. The van der Waals surface area contributed by atoms with E-state index in [-0.39, 0.29) is 5.41 Å². The third-order valence-corrected chi connectivity index (χ3v) is 5.65. The van der Waals surface area contributed by atoms with Gasteiger partial charge in [0.15, 0.2) is 5.84 Å². The van der Waals surface area contributed by atoms with Gasteiger partial charge in [-0.25, -0.2) is 0 Å². The van der Waals surface area contributed by atoms with Crippen molar-refractivity contribution in [3.05, 3.63) is 72.0 Å². The smallest absolute Gasteiger partial charge is 0.168 e. The number of hydrogen-bond acceptors (Lipinski definition) is 6. The summed E-state index contributed by atoms with van der Waals surface area (Å²) in [5, 5.41) is 6.81. The minimum atomic E-state index is 0.00643. The predicted molar refractivity (Wildman–Crippen MR) is 158 cm³/mol. The van der Waals surface area contributed by atoms with Crippen LogP contribution in [-0.4, -0.2) is 55.8 Å². The van der Waals surface area contributed by atoms with Crippen molar-refractivity contribution in [3.63, 3.8) is 0 Å². The third kappa shape index (κ3) is 11.5.